The molecule has 0 saturated carbocycles. The van der Waals surface area contributed by atoms with Gasteiger partial charge in [-0.3, -0.25) is 0 Å². The van der Waals surface area contributed by atoms with Crippen molar-refractivity contribution in [1.29, 1.82) is 0 Å². The maximum atomic E-state index is 13.7. The zero-order valence-corrected chi connectivity index (χ0v) is 10.3. The van der Waals surface area contributed by atoms with Gasteiger partial charge in [0.15, 0.2) is 0 Å². The highest BCUT2D eigenvalue weighted by atomic mass is 19.1. The fourth-order valence-electron chi connectivity index (χ4n) is 1.97. The van der Waals surface area contributed by atoms with Crippen LogP contribution in [0.1, 0.15) is 11.4 Å². The van der Waals surface area contributed by atoms with Crippen molar-refractivity contribution in [3.63, 3.8) is 0 Å². The van der Waals surface area contributed by atoms with E-state index in [0.717, 1.165) is 17.9 Å². The normalized spacial score (nSPS) is 10.8. The van der Waals surface area contributed by atoms with Gasteiger partial charge in [0.1, 0.15) is 11.6 Å². The van der Waals surface area contributed by atoms with Crippen LogP contribution in [0.2, 0.25) is 0 Å². The molecular formula is C13H16FN3. The molecule has 0 saturated heterocycles. The van der Waals surface area contributed by atoms with Crippen molar-refractivity contribution in [2.45, 2.75) is 13.5 Å². The molecule has 1 heterocycles. The van der Waals surface area contributed by atoms with Crippen LogP contribution in [0.25, 0.3) is 11.4 Å². The third kappa shape index (κ3) is 2.08. The summed E-state index contributed by atoms with van der Waals surface area (Å²) >= 11 is 0. The minimum Gasteiger partial charge on any atom is -0.330 e. The lowest BCUT2D eigenvalue weighted by molar-refractivity contribution is 0.628. The summed E-state index contributed by atoms with van der Waals surface area (Å²) in [4.78, 5) is 4.44. The first-order chi connectivity index (χ1) is 8.15. The molecule has 0 unspecified atom stereocenters. The molecule has 1 aromatic heterocycles. The van der Waals surface area contributed by atoms with Crippen LogP contribution >= 0.6 is 0 Å². The van der Waals surface area contributed by atoms with E-state index in [2.05, 4.69) is 10.3 Å². The Labute approximate surface area is 100 Å². The van der Waals surface area contributed by atoms with Crippen molar-refractivity contribution < 1.29 is 4.39 Å². The van der Waals surface area contributed by atoms with Crippen LogP contribution in [0.15, 0.2) is 24.3 Å². The smallest absolute Gasteiger partial charge is 0.143 e. The van der Waals surface area contributed by atoms with Crippen LogP contribution in [-0.4, -0.2) is 16.6 Å². The molecule has 3 nitrogen and oxygen atoms in total. The van der Waals surface area contributed by atoms with Crippen molar-refractivity contribution in [2.75, 3.05) is 7.05 Å². The van der Waals surface area contributed by atoms with E-state index in [9.17, 15) is 4.39 Å². The topological polar surface area (TPSA) is 29.9 Å². The molecule has 2 rings (SSSR count). The van der Waals surface area contributed by atoms with Crippen LogP contribution < -0.4 is 5.32 Å². The molecule has 0 atom stereocenters. The van der Waals surface area contributed by atoms with Crippen LogP contribution in [-0.2, 0) is 13.6 Å². The van der Waals surface area contributed by atoms with E-state index in [0.29, 0.717) is 11.4 Å². The number of aromatic nitrogens is 2. The number of rotatable bonds is 3. The van der Waals surface area contributed by atoms with Gasteiger partial charge in [0.25, 0.3) is 0 Å². The Morgan fingerprint density at radius 3 is 2.71 bits per heavy atom. The summed E-state index contributed by atoms with van der Waals surface area (Å²) in [6.45, 7) is 2.67. The summed E-state index contributed by atoms with van der Waals surface area (Å²) in [6.07, 6.45) is 0. The Hall–Kier alpha value is -1.68. The first kappa shape index (κ1) is 11.8. The van der Waals surface area contributed by atoms with Gasteiger partial charge >= 0.3 is 0 Å². The molecule has 0 bridgehead atoms. The molecule has 4 heteroatoms. The highest BCUT2D eigenvalue weighted by molar-refractivity contribution is 5.57. The molecule has 0 amide bonds. The number of aryl methyl sites for hydroxylation is 1. The second kappa shape index (κ2) is 4.67. The summed E-state index contributed by atoms with van der Waals surface area (Å²) in [5.41, 5.74) is 2.55. The zero-order valence-electron chi connectivity index (χ0n) is 10.3. The molecule has 0 aliphatic heterocycles. The molecule has 0 spiro atoms. The number of nitrogens with one attached hydrogen (secondary N) is 1. The van der Waals surface area contributed by atoms with Gasteiger partial charge in [-0.2, -0.15) is 0 Å². The summed E-state index contributed by atoms with van der Waals surface area (Å²) in [5.74, 6) is 0.433. The number of hydrogen-bond acceptors (Lipinski definition) is 2. The SMILES string of the molecule is CNCc1c(C)nc(-c2ccccc2F)n1C. The lowest BCUT2D eigenvalue weighted by atomic mass is 10.2. The lowest BCUT2D eigenvalue weighted by Gasteiger charge is -2.06. The number of nitrogens with zero attached hydrogens (tertiary/aromatic N) is 2. The largest absolute Gasteiger partial charge is 0.330 e. The van der Waals surface area contributed by atoms with Gasteiger partial charge in [-0.1, -0.05) is 12.1 Å². The summed E-state index contributed by atoms with van der Waals surface area (Å²) in [6, 6.07) is 6.71. The minimum absolute atomic E-state index is 0.239. The third-order valence-electron chi connectivity index (χ3n) is 2.87. The van der Waals surface area contributed by atoms with E-state index in [1.807, 2.05) is 31.7 Å². The second-order valence-electron chi connectivity index (χ2n) is 4.04. The molecule has 0 aliphatic carbocycles. The Morgan fingerprint density at radius 1 is 1.35 bits per heavy atom. The van der Waals surface area contributed by atoms with Crippen molar-refractivity contribution in [3.05, 3.63) is 41.5 Å². The zero-order chi connectivity index (χ0) is 12.4. The molecule has 0 radical (unpaired) electrons. The standard InChI is InChI=1S/C13H16FN3/c1-9-12(8-15-2)17(3)13(16-9)10-6-4-5-7-11(10)14/h4-7,15H,8H2,1-3H3. The highest BCUT2D eigenvalue weighted by Crippen LogP contribution is 2.23. The molecule has 0 aliphatic rings. The van der Waals surface area contributed by atoms with Gasteiger partial charge in [-0.25, -0.2) is 9.37 Å². The van der Waals surface area contributed by atoms with Crippen LogP contribution in [0.3, 0.4) is 0 Å². The van der Waals surface area contributed by atoms with Gasteiger partial charge in [-0.15, -0.1) is 0 Å². The monoisotopic (exact) mass is 233 g/mol. The predicted molar refractivity (Wildman–Crippen MR) is 66.1 cm³/mol. The molecule has 90 valence electrons. The third-order valence-corrected chi connectivity index (χ3v) is 2.87. The maximum absolute atomic E-state index is 13.7. The first-order valence-corrected chi connectivity index (χ1v) is 5.57. The molecule has 0 fully saturated rings. The summed E-state index contributed by atoms with van der Waals surface area (Å²) in [7, 11) is 3.80. The van der Waals surface area contributed by atoms with Crippen molar-refractivity contribution in [1.82, 2.24) is 14.9 Å². The van der Waals surface area contributed by atoms with Crippen molar-refractivity contribution in [2.24, 2.45) is 7.05 Å². The average Bonchev–Trinajstić information content (AvgIpc) is 2.58. The van der Waals surface area contributed by atoms with E-state index in [4.69, 9.17) is 0 Å². The van der Waals surface area contributed by atoms with E-state index in [1.165, 1.54) is 6.07 Å². The second-order valence-corrected chi connectivity index (χ2v) is 4.04. The minimum atomic E-state index is -0.239. The van der Waals surface area contributed by atoms with Gasteiger partial charge in [0, 0.05) is 13.6 Å². The Balaban J connectivity index is 2.54. The predicted octanol–water partition coefficient (Wildman–Crippen LogP) is 2.25. The highest BCUT2D eigenvalue weighted by Gasteiger charge is 2.14. The molecule has 17 heavy (non-hydrogen) atoms. The summed E-state index contributed by atoms with van der Waals surface area (Å²) in [5, 5.41) is 3.09. The molecular weight excluding hydrogens is 217 g/mol. The van der Waals surface area contributed by atoms with Crippen LogP contribution in [0, 0.1) is 12.7 Å². The number of benzene rings is 1. The van der Waals surface area contributed by atoms with E-state index in [1.54, 1.807) is 12.1 Å². The van der Waals surface area contributed by atoms with Gasteiger partial charge < -0.3 is 9.88 Å². The Kier molecular flexibility index (Phi) is 3.24. The van der Waals surface area contributed by atoms with E-state index < -0.39 is 0 Å². The van der Waals surface area contributed by atoms with Gasteiger partial charge in [0.2, 0.25) is 0 Å². The van der Waals surface area contributed by atoms with Gasteiger partial charge in [-0.05, 0) is 26.1 Å². The van der Waals surface area contributed by atoms with E-state index in [-0.39, 0.29) is 5.82 Å². The maximum Gasteiger partial charge on any atom is 0.143 e. The van der Waals surface area contributed by atoms with E-state index >= 15 is 0 Å². The number of hydrogen-bond donors (Lipinski definition) is 1. The average molecular weight is 233 g/mol. The Morgan fingerprint density at radius 2 is 2.06 bits per heavy atom. The van der Waals surface area contributed by atoms with Crippen molar-refractivity contribution in [3.8, 4) is 11.4 Å². The quantitative estimate of drug-likeness (QED) is 0.881. The fourth-order valence-corrected chi connectivity index (χ4v) is 1.97. The molecule has 1 N–H and O–H groups in total. The summed E-state index contributed by atoms with van der Waals surface area (Å²) < 4.78 is 15.6. The van der Waals surface area contributed by atoms with Gasteiger partial charge in [0.05, 0.1) is 17.0 Å². The Bertz CT molecular complexity index is 531. The van der Waals surface area contributed by atoms with Crippen molar-refractivity contribution >= 4 is 0 Å². The van der Waals surface area contributed by atoms with Crippen LogP contribution in [0.4, 0.5) is 4.39 Å². The number of halogens is 1. The fraction of sp³-hybridized carbons (Fsp3) is 0.308. The first-order valence-electron chi connectivity index (χ1n) is 5.57. The lowest BCUT2D eigenvalue weighted by Crippen LogP contribution is -2.10. The molecule has 1 aromatic carbocycles. The van der Waals surface area contributed by atoms with Crippen LogP contribution in [0.5, 0.6) is 0 Å². The molecule has 2 aromatic rings. The number of imidazole rings is 1.